The molecule has 3 nitrogen and oxygen atoms in total. The maximum absolute atomic E-state index is 12.1. The van der Waals surface area contributed by atoms with Gasteiger partial charge in [0, 0.05) is 19.8 Å². The Kier molecular flexibility index (Phi) is 3.94. The lowest BCUT2D eigenvalue weighted by Gasteiger charge is -2.20. The average Bonchev–Trinajstić information content (AvgIpc) is 2.24. The van der Waals surface area contributed by atoms with Gasteiger partial charge in [0.05, 0.1) is 12.0 Å². The van der Waals surface area contributed by atoms with Crippen LogP contribution in [0.3, 0.4) is 0 Å². The number of aryl methyl sites for hydroxylation is 1. The van der Waals surface area contributed by atoms with Crippen LogP contribution in [0.1, 0.15) is 17.5 Å². The molecule has 0 aromatic carbocycles. The molecule has 0 fully saturated rings. The molecule has 0 aliphatic carbocycles. The largest absolute Gasteiger partial charge is 0.390 e. The van der Waals surface area contributed by atoms with Crippen LogP contribution in [0.15, 0.2) is 12.3 Å². The SMILES string of the molecule is Cc1ccnc(N(C)CCC(F)(F)F)c1C#N. The van der Waals surface area contributed by atoms with Crippen molar-refractivity contribution >= 4 is 5.82 Å². The van der Waals surface area contributed by atoms with Gasteiger partial charge in [0.2, 0.25) is 0 Å². The smallest absolute Gasteiger partial charge is 0.358 e. The molecule has 0 atom stereocenters. The highest BCUT2D eigenvalue weighted by Gasteiger charge is 2.27. The number of rotatable bonds is 3. The molecule has 0 saturated heterocycles. The summed E-state index contributed by atoms with van der Waals surface area (Å²) < 4.78 is 36.2. The molecule has 0 saturated carbocycles. The molecule has 0 aliphatic heterocycles. The van der Waals surface area contributed by atoms with Gasteiger partial charge in [0.1, 0.15) is 11.9 Å². The summed E-state index contributed by atoms with van der Waals surface area (Å²) in [5.74, 6) is 0.289. The first-order valence-corrected chi connectivity index (χ1v) is 4.98. The Morgan fingerprint density at radius 2 is 2.12 bits per heavy atom. The maximum Gasteiger partial charge on any atom is 0.390 e. The number of pyridine rings is 1. The summed E-state index contributed by atoms with van der Waals surface area (Å²) >= 11 is 0. The summed E-state index contributed by atoms with van der Waals surface area (Å²) in [4.78, 5) is 5.29. The van der Waals surface area contributed by atoms with E-state index in [4.69, 9.17) is 5.26 Å². The van der Waals surface area contributed by atoms with Crippen LogP contribution >= 0.6 is 0 Å². The van der Waals surface area contributed by atoms with Gasteiger partial charge in [-0.05, 0) is 18.6 Å². The van der Waals surface area contributed by atoms with E-state index in [0.29, 0.717) is 11.1 Å². The number of anilines is 1. The zero-order valence-corrected chi connectivity index (χ0v) is 9.54. The highest BCUT2D eigenvalue weighted by molar-refractivity contribution is 5.56. The van der Waals surface area contributed by atoms with Crippen molar-refractivity contribution < 1.29 is 13.2 Å². The van der Waals surface area contributed by atoms with Crippen LogP contribution in [-0.2, 0) is 0 Å². The van der Waals surface area contributed by atoms with Crippen molar-refractivity contribution in [2.75, 3.05) is 18.5 Å². The third-order valence-electron chi connectivity index (χ3n) is 2.34. The first-order chi connectivity index (χ1) is 7.85. The van der Waals surface area contributed by atoms with Crippen LogP contribution in [0.4, 0.5) is 19.0 Å². The fraction of sp³-hybridized carbons (Fsp3) is 0.455. The molecule has 0 aliphatic rings. The molecular weight excluding hydrogens is 231 g/mol. The van der Waals surface area contributed by atoms with Crippen LogP contribution in [-0.4, -0.2) is 24.8 Å². The second-order valence-electron chi connectivity index (χ2n) is 3.72. The van der Waals surface area contributed by atoms with Crippen molar-refractivity contribution in [1.82, 2.24) is 4.98 Å². The molecule has 92 valence electrons. The predicted molar refractivity (Wildman–Crippen MR) is 57.6 cm³/mol. The van der Waals surface area contributed by atoms with Crippen molar-refractivity contribution in [3.05, 3.63) is 23.4 Å². The van der Waals surface area contributed by atoms with Gasteiger partial charge in [-0.3, -0.25) is 0 Å². The number of alkyl halides is 3. The molecule has 6 heteroatoms. The Morgan fingerprint density at radius 1 is 1.47 bits per heavy atom. The summed E-state index contributed by atoms with van der Waals surface area (Å²) in [5.41, 5.74) is 1.02. The van der Waals surface area contributed by atoms with E-state index >= 15 is 0 Å². The van der Waals surface area contributed by atoms with Gasteiger partial charge >= 0.3 is 6.18 Å². The lowest BCUT2D eigenvalue weighted by molar-refractivity contribution is -0.132. The van der Waals surface area contributed by atoms with Crippen LogP contribution in [0.5, 0.6) is 0 Å². The Bertz CT molecular complexity index is 435. The van der Waals surface area contributed by atoms with Gasteiger partial charge in [-0.25, -0.2) is 4.98 Å². The molecule has 0 bridgehead atoms. The van der Waals surface area contributed by atoms with E-state index in [-0.39, 0.29) is 12.4 Å². The average molecular weight is 243 g/mol. The normalized spacial score (nSPS) is 11.1. The second kappa shape index (κ2) is 5.04. The topological polar surface area (TPSA) is 39.9 Å². The molecule has 17 heavy (non-hydrogen) atoms. The minimum absolute atomic E-state index is 0.214. The Hall–Kier alpha value is -1.77. The van der Waals surface area contributed by atoms with Gasteiger partial charge in [-0.1, -0.05) is 0 Å². The third-order valence-corrected chi connectivity index (χ3v) is 2.34. The van der Waals surface area contributed by atoms with E-state index in [1.807, 2.05) is 6.07 Å². The molecule has 1 aromatic heterocycles. The Balaban J connectivity index is 2.87. The van der Waals surface area contributed by atoms with E-state index in [9.17, 15) is 13.2 Å². The number of hydrogen-bond acceptors (Lipinski definition) is 3. The number of nitrogens with zero attached hydrogens (tertiary/aromatic N) is 3. The molecule has 0 unspecified atom stereocenters. The van der Waals surface area contributed by atoms with E-state index in [0.717, 1.165) is 0 Å². The standard InChI is InChI=1S/C11H12F3N3/c1-8-3-5-16-10(9(8)7-15)17(2)6-4-11(12,13)14/h3,5H,4,6H2,1-2H3. The van der Waals surface area contributed by atoms with Crippen molar-refractivity contribution in [2.24, 2.45) is 0 Å². The predicted octanol–water partition coefficient (Wildman–Crippen LogP) is 2.65. The van der Waals surface area contributed by atoms with Gasteiger partial charge in [0.25, 0.3) is 0 Å². The summed E-state index contributed by atoms with van der Waals surface area (Å²) in [7, 11) is 1.49. The third kappa shape index (κ3) is 3.63. The summed E-state index contributed by atoms with van der Waals surface area (Å²) in [6.07, 6.45) is -3.65. The number of hydrogen-bond donors (Lipinski definition) is 0. The zero-order chi connectivity index (χ0) is 13.1. The second-order valence-corrected chi connectivity index (χ2v) is 3.72. The first-order valence-electron chi connectivity index (χ1n) is 4.98. The maximum atomic E-state index is 12.1. The van der Waals surface area contributed by atoms with Crippen LogP contribution in [0.25, 0.3) is 0 Å². The van der Waals surface area contributed by atoms with Crippen molar-refractivity contribution in [2.45, 2.75) is 19.5 Å². The summed E-state index contributed by atoms with van der Waals surface area (Å²) in [6.45, 7) is 1.51. The van der Waals surface area contributed by atoms with E-state index in [1.165, 1.54) is 18.1 Å². The highest BCUT2D eigenvalue weighted by Crippen LogP contribution is 2.23. The number of halogens is 3. The van der Waals surface area contributed by atoms with Gasteiger partial charge in [-0.15, -0.1) is 0 Å². The monoisotopic (exact) mass is 243 g/mol. The molecule has 0 radical (unpaired) electrons. The van der Waals surface area contributed by atoms with Gasteiger partial charge < -0.3 is 4.90 Å². The summed E-state index contributed by atoms with van der Waals surface area (Å²) in [6, 6.07) is 3.61. The highest BCUT2D eigenvalue weighted by atomic mass is 19.4. The Morgan fingerprint density at radius 3 is 2.65 bits per heavy atom. The molecule has 0 spiro atoms. The molecule has 1 heterocycles. The molecule has 1 aromatic rings. The number of aromatic nitrogens is 1. The van der Waals surface area contributed by atoms with Crippen LogP contribution in [0, 0.1) is 18.3 Å². The minimum atomic E-state index is -4.20. The van der Waals surface area contributed by atoms with E-state index < -0.39 is 12.6 Å². The fourth-order valence-corrected chi connectivity index (χ4v) is 1.37. The summed E-state index contributed by atoms with van der Waals surface area (Å²) in [5, 5.41) is 8.94. The lowest BCUT2D eigenvalue weighted by atomic mass is 10.1. The zero-order valence-electron chi connectivity index (χ0n) is 9.54. The lowest BCUT2D eigenvalue weighted by Crippen LogP contribution is -2.25. The fourth-order valence-electron chi connectivity index (χ4n) is 1.37. The number of nitriles is 1. The van der Waals surface area contributed by atoms with Crippen molar-refractivity contribution in [1.29, 1.82) is 5.26 Å². The van der Waals surface area contributed by atoms with Gasteiger partial charge in [-0.2, -0.15) is 18.4 Å². The first kappa shape index (κ1) is 13.3. The van der Waals surface area contributed by atoms with E-state index in [2.05, 4.69) is 4.98 Å². The van der Waals surface area contributed by atoms with Gasteiger partial charge in [0.15, 0.2) is 0 Å². The van der Waals surface area contributed by atoms with Crippen LogP contribution in [0.2, 0.25) is 0 Å². The van der Waals surface area contributed by atoms with Crippen molar-refractivity contribution in [3.8, 4) is 6.07 Å². The van der Waals surface area contributed by atoms with E-state index in [1.54, 1.807) is 13.0 Å². The molecular formula is C11H12F3N3. The van der Waals surface area contributed by atoms with Crippen molar-refractivity contribution in [3.63, 3.8) is 0 Å². The quantitative estimate of drug-likeness (QED) is 0.819. The Labute approximate surface area is 97.5 Å². The minimum Gasteiger partial charge on any atom is -0.358 e. The molecule has 0 N–H and O–H groups in total. The molecule has 0 amide bonds. The van der Waals surface area contributed by atoms with Crippen LogP contribution < -0.4 is 4.90 Å². The molecule has 1 rings (SSSR count).